The molecule has 0 aliphatic rings. The second kappa shape index (κ2) is 8.41. The van der Waals surface area contributed by atoms with Crippen molar-refractivity contribution in [2.75, 3.05) is 32.1 Å². The number of thiazole rings is 1. The number of aryl methyl sites for hydroxylation is 2. The Morgan fingerprint density at radius 1 is 1.21 bits per heavy atom. The highest BCUT2D eigenvalue weighted by Gasteiger charge is 2.24. The Balaban J connectivity index is 1.98. The Bertz CT molecular complexity index is 972. The van der Waals surface area contributed by atoms with Gasteiger partial charge >= 0.3 is 0 Å². The molecule has 28 heavy (non-hydrogen) atoms. The van der Waals surface area contributed by atoms with Gasteiger partial charge in [0.25, 0.3) is 5.91 Å². The van der Waals surface area contributed by atoms with Crippen LogP contribution in [0, 0.1) is 6.92 Å². The molecule has 150 valence electrons. The maximum atomic E-state index is 13.3. The third-order valence-electron chi connectivity index (χ3n) is 4.73. The SMILES string of the molecule is CCc1ccc2nc(N(CCN(C)C)C(=O)c3cc(C)n(C(C)C)n3)sc2c1. The molecule has 0 saturated carbocycles. The van der Waals surface area contributed by atoms with Crippen LogP contribution < -0.4 is 4.90 Å². The largest absolute Gasteiger partial charge is 0.308 e. The second-order valence-corrected chi connectivity index (χ2v) is 8.63. The minimum atomic E-state index is -0.0980. The maximum absolute atomic E-state index is 13.3. The number of likely N-dealkylation sites (N-methyl/N-ethyl adjacent to an activating group) is 1. The summed E-state index contributed by atoms with van der Waals surface area (Å²) in [5, 5.41) is 5.28. The molecular formula is C21H29N5OS. The number of carbonyl (C=O) groups is 1. The molecule has 2 aromatic heterocycles. The average molecular weight is 400 g/mol. The summed E-state index contributed by atoms with van der Waals surface area (Å²) in [5.41, 5.74) is 3.67. The third kappa shape index (κ3) is 4.25. The van der Waals surface area contributed by atoms with Crippen LogP contribution in [0.1, 0.15) is 48.6 Å². The lowest BCUT2D eigenvalue weighted by atomic mass is 10.2. The van der Waals surface area contributed by atoms with E-state index in [1.807, 2.05) is 37.8 Å². The summed E-state index contributed by atoms with van der Waals surface area (Å²) < 4.78 is 3.00. The zero-order chi connectivity index (χ0) is 20.4. The third-order valence-corrected chi connectivity index (χ3v) is 5.77. The molecule has 3 aromatic rings. The normalized spacial score (nSPS) is 11.7. The van der Waals surface area contributed by atoms with Crippen molar-refractivity contribution in [2.45, 2.75) is 40.2 Å². The van der Waals surface area contributed by atoms with E-state index in [-0.39, 0.29) is 11.9 Å². The molecule has 0 fully saturated rings. The van der Waals surface area contributed by atoms with Crippen LogP contribution in [0.5, 0.6) is 0 Å². The lowest BCUT2D eigenvalue weighted by Crippen LogP contribution is -2.37. The number of rotatable bonds is 7. The quantitative estimate of drug-likeness (QED) is 0.599. The Labute approximate surface area is 170 Å². The monoisotopic (exact) mass is 399 g/mol. The molecule has 0 aliphatic carbocycles. The van der Waals surface area contributed by atoms with E-state index in [2.05, 4.69) is 42.9 Å². The smallest absolute Gasteiger partial charge is 0.280 e. The lowest BCUT2D eigenvalue weighted by molar-refractivity contribution is 0.0979. The topological polar surface area (TPSA) is 54.3 Å². The van der Waals surface area contributed by atoms with E-state index < -0.39 is 0 Å². The van der Waals surface area contributed by atoms with Gasteiger partial charge < -0.3 is 4.90 Å². The van der Waals surface area contributed by atoms with Crippen molar-refractivity contribution >= 4 is 32.6 Å². The van der Waals surface area contributed by atoms with Gasteiger partial charge in [0.05, 0.1) is 10.2 Å². The van der Waals surface area contributed by atoms with Gasteiger partial charge in [0.2, 0.25) is 0 Å². The molecule has 1 aromatic carbocycles. The molecule has 0 radical (unpaired) electrons. The van der Waals surface area contributed by atoms with Gasteiger partial charge in [-0.05, 0) is 65.0 Å². The number of fused-ring (bicyclic) bond motifs is 1. The van der Waals surface area contributed by atoms with E-state index in [9.17, 15) is 4.79 Å². The van der Waals surface area contributed by atoms with Crippen molar-refractivity contribution in [1.82, 2.24) is 19.7 Å². The number of anilines is 1. The summed E-state index contributed by atoms with van der Waals surface area (Å²) >= 11 is 1.57. The van der Waals surface area contributed by atoms with E-state index in [1.54, 1.807) is 16.2 Å². The summed E-state index contributed by atoms with van der Waals surface area (Å²) in [4.78, 5) is 21.9. The van der Waals surface area contributed by atoms with Gasteiger partial charge in [-0.15, -0.1) is 0 Å². The second-order valence-electron chi connectivity index (χ2n) is 7.62. The summed E-state index contributed by atoms with van der Waals surface area (Å²) in [6.45, 7) is 9.58. The fourth-order valence-corrected chi connectivity index (χ4v) is 4.18. The van der Waals surface area contributed by atoms with Crippen LogP contribution in [-0.4, -0.2) is 52.8 Å². The van der Waals surface area contributed by atoms with Gasteiger partial charge in [-0.25, -0.2) is 4.98 Å². The van der Waals surface area contributed by atoms with Crippen molar-refractivity contribution in [1.29, 1.82) is 0 Å². The van der Waals surface area contributed by atoms with E-state index in [0.29, 0.717) is 12.2 Å². The van der Waals surface area contributed by atoms with E-state index in [0.717, 1.165) is 34.0 Å². The first-order valence-electron chi connectivity index (χ1n) is 9.72. The Hall–Kier alpha value is -2.25. The highest BCUT2D eigenvalue weighted by atomic mass is 32.1. The average Bonchev–Trinajstić information content (AvgIpc) is 3.24. The zero-order valence-electron chi connectivity index (χ0n) is 17.6. The lowest BCUT2D eigenvalue weighted by Gasteiger charge is -2.21. The van der Waals surface area contributed by atoms with Crippen molar-refractivity contribution in [3.8, 4) is 0 Å². The number of amides is 1. The van der Waals surface area contributed by atoms with E-state index in [4.69, 9.17) is 4.98 Å². The Morgan fingerprint density at radius 3 is 2.57 bits per heavy atom. The number of hydrogen-bond acceptors (Lipinski definition) is 5. The molecule has 1 amide bonds. The van der Waals surface area contributed by atoms with Crippen LogP contribution in [0.15, 0.2) is 24.3 Å². The molecular weight excluding hydrogens is 370 g/mol. The van der Waals surface area contributed by atoms with Crippen LogP contribution in [-0.2, 0) is 6.42 Å². The fourth-order valence-electron chi connectivity index (χ4n) is 3.13. The molecule has 3 rings (SSSR count). The van der Waals surface area contributed by atoms with E-state index in [1.165, 1.54) is 5.56 Å². The van der Waals surface area contributed by atoms with Crippen molar-refractivity contribution in [2.24, 2.45) is 0 Å². The standard InChI is InChI=1S/C21H29N5OS/c1-7-16-8-9-17-19(13-16)28-21(22-17)25(11-10-24(5)6)20(27)18-12-15(4)26(23-18)14(2)3/h8-9,12-14H,7,10-11H2,1-6H3. The highest BCUT2D eigenvalue weighted by Crippen LogP contribution is 2.30. The van der Waals surface area contributed by atoms with Crippen molar-refractivity contribution < 1.29 is 4.79 Å². The van der Waals surface area contributed by atoms with Crippen molar-refractivity contribution in [3.05, 3.63) is 41.2 Å². The van der Waals surface area contributed by atoms with Crippen LogP contribution in [0.4, 0.5) is 5.13 Å². The van der Waals surface area contributed by atoms with Gasteiger partial charge in [-0.2, -0.15) is 5.10 Å². The molecule has 0 saturated heterocycles. The first kappa shape index (κ1) is 20.5. The molecule has 0 atom stereocenters. The number of hydrogen-bond donors (Lipinski definition) is 0. The van der Waals surface area contributed by atoms with Crippen LogP contribution in [0.25, 0.3) is 10.2 Å². The number of benzene rings is 1. The van der Waals surface area contributed by atoms with Gasteiger partial charge in [0, 0.05) is 24.8 Å². The Morgan fingerprint density at radius 2 is 1.96 bits per heavy atom. The highest BCUT2D eigenvalue weighted by molar-refractivity contribution is 7.22. The molecule has 0 bridgehead atoms. The van der Waals surface area contributed by atoms with Gasteiger partial charge in [0.15, 0.2) is 10.8 Å². The minimum absolute atomic E-state index is 0.0980. The summed E-state index contributed by atoms with van der Waals surface area (Å²) in [6, 6.07) is 8.40. The van der Waals surface area contributed by atoms with Gasteiger partial charge in [-0.3, -0.25) is 14.4 Å². The molecule has 2 heterocycles. The predicted molar refractivity (Wildman–Crippen MR) is 117 cm³/mol. The summed E-state index contributed by atoms with van der Waals surface area (Å²) in [6.07, 6.45) is 0.984. The number of nitrogens with zero attached hydrogens (tertiary/aromatic N) is 5. The number of aromatic nitrogens is 3. The molecule has 7 heteroatoms. The summed E-state index contributed by atoms with van der Waals surface area (Å²) in [5.74, 6) is -0.0980. The maximum Gasteiger partial charge on any atom is 0.280 e. The first-order chi connectivity index (χ1) is 13.3. The zero-order valence-corrected chi connectivity index (χ0v) is 18.4. The predicted octanol–water partition coefficient (Wildman–Crippen LogP) is 4.15. The molecule has 6 nitrogen and oxygen atoms in total. The van der Waals surface area contributed by atoms with Crippen LogP contribution >= 0.6 is 11.3 Å². The Kier molecular flexibility index (Phi) is 6.15. The summed E-state index contributed by atoms with van der Waals surface area (Å²) in [7, 11) is 4.01. The van der Waals surface area contributed by atoms with Crippen LogP contribution in [0.2, 0.25) is 0 Å². The fraction of sp³-hybridized carbons (Fsp3) is 0.476. The molecule has 0 spiro atoms. The van der Waals surface area contributed by atoms with Crippen LogP contribution in [0.3, 0.4) is 0 Å². The molecule has 0 aliphatic heterocycles. The molecule has 0 unspecified atom stereocenters. The minimum Gasteiger partial charge on any atom is -0.308 e. The van der Waals surface area contributed by atoms with E-state index >= 15 is 0 Å². The first-order valence-corrected chi connectivity index (χ1v) is 10.5. The molecule has 0 N–H and O–H groups in total. The van der Waals surface area contributed by atoms with Gasteiger partial charge in [-0.1, -0.05) is 24.3 Å². The van der Waals surface area contributed by atoms with Crippen molar-refractivity contribution in [3.63, 3.8) is 0 Å². The number of carbonyl (C=O) groups excluding carboxylic acids is 1. The van der Waals surface area contributed by atoms with Gasteiger partial charge in [0.1, 0.15) is 0 Å².